The van der Waals surface area contributed by atoms with Crippen molar-refractivity contribution >= 4 is 40.5 Å². The Balaban J connectivity index is 1.87. The maximum Gasteiger partial charge on any atom is 0.197 e. The standard InChI is InChI=1S/C18H18ClN3OS/c19-15-8-6-14(7-9-15)17(20-16-4-2-1-3-5-16)21-18(24)22-10-12-23-13-11-22/h1-9H,10-13H2,(H,20,21,24). The molecule has 0 bridgehead atoms. The van der Waals surface area contributed by atoms with Crippen molar-refractivity contribution in [2.24, 2.45) is 4.99 Å². The van der Waals surface area contributed by atoms with Crippen molar-refractivity contribution in [1.29, 1.82) is 0 Å². The van der Waals surface area contributed by atoms with Crippen LogP contribution in [0.1, 0.15) is 5.56 Å². The highest BCUT2D eigenvalue weighted by Crippen LogP contribution is 2.14. The number of rotatable bonds is 2. The predicted octanol–water partition coefficient (Wildman–Crippen LogP) is 3.82. The molecule has 0 radical (unpaired) electrons. The predicted molar refractivity (Wildman–Crippen MR) is 103 cm³/mol. The lowest BCUT2D eigenvalue weighted by Gasteiger charge is -2.27. The van der Waals surface area contributed by atoms with E-state index in [2.05, 4.69) is 15.2 Å². The van der Waals surface area contributed by atoms with Crippen molar-refractivity contribution in [3.63, 3.8) is 0 Å². The molecule has 0 atom stereocenters. The van der Waals surface area contributed by atoms with Crippen molar-refractivity contribution in [2.75, 3.05) is 31.6 Å². The smallest absolute Gasteiger partial charge is 0.197 e. The number of nitrogens with one attached hydrogen (secondary N) is 1. The van der Waals surface area contributed by atoms with Crippen LogP contribution in [0.4, 0.5) is 5.69 Å². The Kier molecular flexibility index (Phi) is 5.80. The van der Waals surface area contributed by atoms with Gasteiger partial charge in [-0.25, -0.2) is 4.99 Å². The van der Waals surface area contributed by atoms with Crippen LogP contribution in [0.2, 0.25) is 5.02 Å². The van der Waals surface area contributed by atoms with E-state index in [1.54, 1.807) is 0 Å². The number of benzene rings is 2. The molecule has 0 amide bonds. The summed E-state index contributed by atoms with van der Waals surface area (Å²) in [6.07, 6.45) is 0. The van der Waals surface area contributed by atoms with Crippen LogP contribution in [0.25, 0.3) is 0 Å². The Morgan fingerprint density at radius 2 is 1.71 bits per heavy atom. The topological polar surface area (TPSA) is 36.9 Å². The molecule has 0 unspecified atom stereocenters. The normalized spacial score (nSPS) is 15.2. The minimum Gasteiger partial charge on any atom is -0.378 e. The zero-order chi connectivity index (χ0) is 16.8. The first kappa shape index (κ1) is 16.9. The molecule has 6 heteroatoms. The summed E-state index contributed by atoms with van der Waals surface area (Å²) >= 11 is 11.5. The molecular formula is C18H18ClN3OS. The van der Waals surface area contributed by atoms with Gasteiger partial charge in [-0.15, -0.1) is 0 Å². The lowest BCUT2D eigenvalue weighted by molar-refractivity contribution is 0.0686. The minimum absolute atomic E-state index is 0.562. The number of amidine groups is 1. The molecule has 1 aliphatic rings. The van der Waals surface area contributed by atoms with E-state index >= 15 is 0 Å². The fourth-order valence-electron chi connectivity index (χ4n) is 2.35. The van der Waals surface area contributed by atoms with Crippen LogP contribution in [-0.2, 0) is 4.74 Å². The number of aliphatic imine (C=N–C) groups is 1. The number of ether oxygens (including phenoxy) is 1. The van der Waals surface area contributed by atoms with E-state index in [1.807, 2.05) is 54.6 Å². The first-order valence-electron chi connectivity index (χ1n) is 7.76. The van der Waals surface area contributed by atoms with E-state index in [-0.39, 0.29) is 0 Å². The number of para-hydroxylation sites is 1. The molecule has 124 valence electrons. The van der Waals surface area contributed by atoms with Crippen molar-refractivity contribution in [1.82, 2.24) is 4.90 Å². The van der Waals surface area contributed by atoms with Gasteiger partial charge in [0.15, 0.2) is 5.11 Å². The summed E-state index contributed by atoms with van der Waals surface area (Å²) in [4.78, 5) is 6.72. The Hall–Kier alpha value is -1.95. The molecule has 0 aromatic heterocycles. The van der Waals surface area contributed by atoms with E-state index in [4.69, 9.17) is 28.6 Å². The zero-order valence-electron chi connectivity index (χ0n) is 13.1. The largest absolute Gasteiger partial charge is 0.378 e. The average Bonchev–Trinajstić information content (AvgIpc) is 2.63. The molecule has 1 fully saturated rings. The monoisotopic (exact) mass is 359 g/mol. The SMILES string of the molecule is S=C(/N=C(\Nc1ccccc1)c1ccc(Cl)cc1)N1CCOCC1. The molecule has 4 nitrogen and oxygen atoms in total. The number of anilines is 1. The third kappa shape index (κ3) is 4.54. The molecule has 2 aromatic carbocycles. The first-order valence-corrected chi connectivity index (χ1v) is 8.54. The van der Waals surface area contributed by atoms with Gasteiger partial charge in [0, 0.05) is 29.4 Å². The van der Waals surface area contributed by atoms with Crippen molar-refractivity contribution in [3.05, 3.63) is 65.2 Å². The molecule has 1 aliphatic heterocycles. The summed E-state index contributed by atoms with van der Waals surface area (Å²) in [5.74, 6) is 0.703. The van der Waals surface area contributed by atoms with E-state index in [0.29, 0.717) is 29.2 Å². The minimum atomic E-state index is 0.562. The second-order valence-electron chi connectivity index (χ2n) is 5.34. The van der Waals surface area contributed by atoms with Crippen LogP contribution >= 0.6 is 23.8 Å². The summed E-state index contributed by atoms with van der Waals surface area (Å²) in [6.45, 7) is 2.89. The van der Waals surface area contributed by atoms with Gasteiger partial charge in [0.2, 0.25) is 0 Å². The van der Waals surface area contributed by atoms with Gasteiger partial charge < -0.3 is 15.0 Å². The zero-order valence-corrected chi connectivity index (χ0v) is 14.7. The van der Waals surface area contributed by atoms with Crippen molar-refractivity contribution < 1.29 is 4.74 Å². The molecule has 1 N–H and O–H groups in total. The maximum absolute atomic E-state index is 6.00. The van der Waals surface area contributed by atoms with Crippen LogP contribution in [0.15, 0.2) is 59.6 Å². The highest BCUT2D eigenvalue weighted by Gasteiger charge is 2.14. The molecule has 0 saturated carbocycles. The third-order valence-corrected chi connectivity index (χ3v) is 4.24. The number of nitrogens with zero attached hydrogens (tertiary/aromatic N) is 2. The van der Waals surface area contributed by atoms with E-state index in [1.165, 1.54) is 0 Å². The van der Waals surface area contributed by atoms with Crippen LogP contribution in [0, 0.1) is 0 Å². The summed E-state index contributed by atoms with van der Waals surface area (Å²) < 4.78 is 5.37. The van der Waals surface area contributed by atoms with Gasteiger partial charge in [-0.1, -0.05) is 29.8 Å². The number of morpholine rings is 1. The molecule has 2 aromatic rings. The Morgan fingerprint density at radius 1 is 1.04 bits per heavy atom. The van der Waals surface area contributed by atoms with Gasteiger partial charge in [-0.2, -0.15) is 0 Å². The third-order valence-electron chi connectivity index (χ3n) is 3.64. The van der Waals surface area contributed by atoms with E-state index < -0.39 is 0 Å². The van der Waals surface area contributed by atoms with Crippen LogP contribution in [0.5, 0.6) is 0 Å². The molecule has 1 saturated heterocycles. The van der Waals surface area contributed by atoms with Crippen LogP contribution in [0.3, 0.4) is 0 Å². The van der Waals surface area contributed by atoms with Crippen molar-refractivity contribution in [3.8, 4) is 0 Å². The van der Waals surface area contributed by atoms with Gasteiger partial charge >= 0.3 is 0 Å². The lowest BCUT2D eigenvalue weighted by Crippen LogP contribution is -2.39. The van der Waals surface area contributed by atoms with Gasteiger partial charge in [0.25, 0.3) is 0 Å². The van der Waals surface area contributed by atoms with Crippen LogP contribution < -0.4 is 5.32 Å². The fraction of sp³-hybridized carbons (Fsp3) is 0.222. The van der Waals surface area contributed by atoms with Gasteiger partial charge in [0.05, 0.1) is 13.2 Å². The summed E-state index contributed by atoms with van der Waals surface area (Å²) in [5, 5.41) is 4.60. The number of halogens is 1. The Bertz CT molecular complexity index is 713. The molecule has 24 heavy (non-hydrogen) atoms. The highest BCUT2D eigenvalue weighted by atomic mass is 35.5. The lowest BCUT2D eigenvalue weighted by atomic mass is 10.2. The fourth-order valence-corrected chi connectivity index (χ4v) is 2.75. The van der Waals surface area contributed by atoms with Gasteiger partial charge in [-0.05, 0) is 48.6 Å². The Labute approximate surface area is 152 Å². The summed E-state index contributed by atoms with van der Waals surface area (Å²) in [5.41, 5.74) is 1.88. The van der Waals surface area contributed by atoms with Crippen molar-refractivity contribution in [2.45, 2.75) is 0 Å². The summed E-state index contributed by atoms with van der Waals surface area (Å²) in [6, 6.07) is 17.4. The molecule has 1 heterocycles. The average molecular weight is 360 g/mol. The van der Waals surface area contributed by atoms with Gasteiger partial charge in [0.1, 0.15) is 5.84 Å². The van der Waals surface area contributed by atoms with E-state index in [9.17, 15) is 0 Å². The molecule has 0 aliphatic carbocycles. The number of hydrogen-bond donors (Lipinski definition) is 1. The van der Waals surface area contributed by atoms with Gasteiger partial charge in [-0.3, -0.25) is 0 Å². The first-order chi connectivity index (χ1) is 11.7. The highest BCUT2D eigenvalue weighted by molar-refractivity contribution is 7.80. The molecule has 0 spiro atoms. The maximum atomic E-state index is 6.00. The quantitative estimate of drug-likeness (QED) is 0.502. The number of hydrogen-bond acceptors (Lipinski definition) is 2. The van der Waals surface area contributed by atoms with Crippen LogP contribution in [-0.4, -0.2) is 42.2 Å². The summed E-state index contributed by atoms with van der Waals surface area (Å²) in [7, 11) is 0. The van der Waals surface area contributed by atoms with E-state index in [0.717, 1.165) is 24.3 Å². The second-order valence-corrected chi connectivity index (χ2v) is 6.14. The second kappa shape index (κ2) is 8.24. The molecular weight excluding hydrogens is 342 g/mol. The molecule has 3 rings (SSSR count). The number of thiocarbonyl (C=S) groups is 1. The Morgan fingerprint density at radius 3 is 2.38 bits per heavy atom.